The van der Waals surface area contributed by atoms with Gasteiger partial charge in [-0.3, -0.25) is 0 Å². The first-order chi connectivity index (χ1) is 13.9. The van der Waals surface area contributed by atoms with E-state index < -0.39 is 0 Å². The molecule has 0 bridgehead atoms. The van der Waals surface area contributed by atoms with Gasteiger partial charge >= 0.3 is 0 Å². The fraction of sp³-hybridized carbons (Fsp3) is 0.318. The van der Waals surface area contributed by atoms with Crippen LogP contribution in [0.3, 0.4) is 0 Å². The van der Waals surface area contributed by atoms with Crippen LogP contribution in [0.2, 0.25) is 0 Å². The highest BCUT2D eigenvalue weighted by Gasteiger charge is 2.14. The van der Waals surface area contributed by atoms with Crippen LogP contribution in [-0.4, -0.2) is 55.9 Å². The van der Waals surface area contributed by atoms with E-state index in [2.05, 4.69) is 29.2 Å². The minimum absolute atomic E-state index is 0.588. The van der Waals surface area contributed by atoms with Crippen LogP contribution < -0.4 is 0 Å². The third-order valence-electron chi connectivity index (χ3n) is 4.06. The fourth-order valence-corrected chi connectivity index (χ4v) is 3.42. The van der Waals surface area contributed by atoms with E-state index in [9.17, 15) is 0 Å². The number of H-pyrrole nitrogens is 1. The molecular weight excluding hydrogens is 372 g/mol. The van der Waals surface area contributed by atoms with Gasteiger partial charge in [0.1, 0.15) is 0 Å². The molecule has 28 heavy (non-hydrogen) atoms. The van der Waals surface area contributed by atoms with Crippen molar-refractivity contribution >= 4 is 11.8 Å². The summed E-state index contributed by atoms with van der Waals surface area (Å²) in [5.41, 5.74) is 4.25. The van der Waals surface area contributed by atoms with Crippen molar-refractivity contribution in [1.29, 1.82) is 0 Å². The SMILES string of the molecule is COCCOCCOCCSc1nc(-c2ccccc2)c(-c2ccccc2)[nH]1. The molecule has 5 nitrogen and oxygen atoms in total. The third-order valence-corrected chi connectivity index (χ3v) is 4.90. The number of nitrogens with one attached hydrogen (secondary N) is 1. The normalized spacial score (nSPS) is 11.0. The van der Waals surface area contributed by atoms with Gasteiger partial charge in [0, 0.05) is 24.0 Å². The topological polar surface area (TPSA) is 56.4 Å². The predicted octanol–water partition coefficient (Wildman–Crippen LogP) is 4.52. The summed E-state index contributed by atoms with van der Waals surface area (Å²) < 4.78 is 15.9. The van der Waals surface area contributed by atoms with Crippen LogP contribution in [0.1, 0.15) is 0 Å². The van der Waals surface area contributed by atoms with Crippen LogP contribution in [0.15, 0.2) is 65.8 Å². The van der Waals surface area contributed by atoms with Gasteiger partial charge in [-0.15, -0.1) is 0 Å². The first-order valence-electron chi connectivity index (χ1n) is 9.36. The van der Waals surface area contributed by atoms with Gasteiger partial charge in [0.05, 0.1) is 44.4 Å². The van der Waals surface area contributed by atoms with Gasteiger partial charge in [0.25, 0.3) is 0 Å². The second-order valence-electron chi connectivity index (χ2n) is 6.06. The highest BCUT2D eigenvalue weighted by Crippen LogP contribution is 2.32. The Labute approximate surface area is 170 Å². The summed E-state index contributed by atoms with van der Waals surface area (Å²) in [6.45, 7) is 3.05. The largest absolute Gasteiger partial charge is 0.382 e. The molecule has 0 aliphatic carbocycles. The number of aromatic amines is 1. The van der Waals surface area contributed by atoms with Gasteiger partial charge in [-0.1, -0.05) is 72.4 Å². The van der Waals surface area contributed by atoms with Gasteiger partial charge in [-0.05, 0) is 0 Å². The van der Waals surface area contributed by atoms with Crippen molar-refractivity contribution in [2.75, 3.05) is 45.9 Å². The highest BCUT2D eigenvalue weighted by atomic mass is 32.2. The molecule has 0 aliphatic heterocycles. The molecular formula is C22H26N2O3S. The van der Waals surface area contributed by atoms with Crippen molar-refractivity contribution < 1.29 is 14.2 Å². The Morgan fingerprint density at radius 2 is 1.39 bits per heavy atom. The average Bonchev–Trinajstić information content (AvgIpc) is 3.18. The number of hydrogen-bond acceptors (Lipinski definition) is 5. The number of nitrogens with zero attached hydrogens (tertiary/aromatic N) is 1. The van der Waals surface area contributed by atoms with Crippen molar-refractivity contribution in [1.82, 2.24) is 9.97 Å². The van der Waals surface area contributed by atoms with Crippen LogP contribution in [-0.2, 0) is 14.2 Å². The Balaban J connectivity index is 1.56. The van der Waals surface area contributed by atoms with Crippen LogP contribution in [0.4, 0.5) is 0 Å². The van der Waals surface area contributed by atoms with Gasteiger partial charge in [-0.25, -0.2) is 4.98 Å². The molecule has 1 heterocycles. The molecule has 3 aromatic rings. The summed E-state index contributed by atoms with van der Waals surface area (Å²) >= 11 is 1.66. The van der Waals surface area contributed by atoms with E-state index >= 15 is 0 Å². The van der Waals surface area contributed by atoms with E-state index in [1.54, 1.807) is 18.9 Å². The number of imidazole rings is 1. The maximum atomic E-state index is 5.61. The maximum Gasteiger partial charge on any atom is 0.166 e. The predicted molar refractivity (Wildman–Crippen MR) is 114 cm³/mol. The molecule has 2 aromatic carbocycles. The number of methoxy groups -OCH3 is 1. The van der Waals surface area contributed by atoms with Crippen LogP contribution >= 0.6 is 11.8 Å². The monoisotopic (exact) mass is 398 g/mol. The van der Waals surface area contributed by atoms with E-state index in [4.69, 9.17) is 19.2 Å². The average molecular weight is 399 g/mol. The van der Waals surface area contributed by atoms with Gasteiger partial charge in [-0.2, -0.15) is 0 Å². The zero-order valence-corrected chi connectivity index (χ0v) is 16.9. The summed E-state index contributed by atoms with van der Waals surface area (Å²) in [5, 5.41) is 0.901. The molecule has 0 saturated heterocycles. The van der Waals surface area contributed by atoms with Crippen molar-refractivity contribution in [3.63, 3.8) is 0 Å². The molecule has 148 valence electrons. The minimum Gasteiger partial charge on any atom is -0.382 e. The van der Waals surface area contributed by atoms with E-state index in [0.29, 0.717) is 33.0 Å². The van der Waals surface area contributed by atoms with Crippen LogP contribution in [0.25, 0.3) is 22.5 Å². The molecule has 0 unspecified atom stereocenters. The molecule has 6 heteroatoms. The summed E-state index contributed by atoms with van der Waals surface area (Å²) in [5.74, 6) is 0.827. The first-order valence-corrected chi connectivity index (χ1v) is 10.3. The number of hydrogen-bond donors (Lipinski definition) is 1. The van der Waals surface area contributed by atoms with E-state index in [0.717, 1.165) is 33.4 Å². The van der Waals surface area contributed by atoms with Gasteiger partial charge < -0.3 is 19.2 Å². The van der Waals surface area contributed by atoms with Gasteiger partial charge in [0.15, 0.2) is 5.16 Å². The third kappa shape index (κ3) is 6.21. The van der Waals surface area contributed by atoms with Crippen LogP contribution in [0.5, 0.6) is 0 Å². The zero-order chi connectivity index (χ0) is 19.4. The number of benzene rings is 2. The zero-order valence-electron chi connectivity index (χ0n) is 16.1. The van der Waals surface area contributed by atoms with Crippen molar-refractivity contribution in [2.24, 2.45) is 0 Å². The van der Waals surface area contributed by atoms with Gasteiger partial charge in [0.2, 0.25) is 0 Å². The standard InChI is InChI=1S/C22H26N2O3S/c1-25-12-13-26-14-15-27-16-17-28-22-23-20(18-8-4-2-5-9-18)21(24-22)19-10-6-3-7-11-19/h2-11H,12-17H2,1H3,(H,23,24). The lowest BCUT2D eigenvalue weighted by molar-refractivity contribution is 0.0286. The lowest BCUT2D eigenvalue weighted by atomic mass is 10.1. The summed E-state index contributed by atoms with van der Waals surface area (Å²) in [6.07, 6.45) is 0. The molecule has 0 saturated carbocycles. The lowest BCUT2D eigenvalue weighted by Crippen LogP contribution is -2.09. The molecule has 3 rings (SSSR count). The molecule has 0 aliphatic rings. The number of rotatable bonds is 12. The molecule has 1 aromatic heterocycles. The summed E-state index contributed by atoms with van der Waals surface area (Å²) in [4.78, 5) is 8.32. The molecule has 0 radical (unpaired) electrons. The molecule has 0 atom stereocenters. The van der Waals surface area contributed by atoms with E-state index in [-0.39, 0.29) is 0 Å². The maximum absolute atomic E-state index is 5.61. The quantitative estimate of drug-likeness (QED) is 0.359. The second kappa shape index (κ2) is 11.7. The highest BCUT2D eigenvalue weighted by molar-refractivity contribution is 7.99. The first kappa shape index (κ1) is 20.6. The molecule has 0 fully saturated rings. The Morgan fingerprint density at radius 1 is 0.786 bits per heavy atom. The molecule has 1 N–H and O–H groups in total. The van der Waals surface area contributed by atoms with Crippen LogP contribution in [0, 0.1) is 0 Å². The Morgan fingerprint density at radius 3 is 2.07 bits per heavy atom. The number of thioether (sulfide) groups is 1. The van der Waals surface area contributed by atoms with Crippen molar-refractivity contribution in [3.8, 4) is 22.5 Å². The van der Waals surface area contributed by atoms with Crippen molar-refractivity contribution in [3.05, 3.63) is 60.7 Å². The number of ether oxygens (including phenoxy) is 3. The second-order valence-corrected chi connectivity index (χ2v) is 7.15. The summed E-state index contributed by atoms with van der Waals surface area (Å²) in [7, 11) is 1.66. The number of aromatic nitrogens is 2. The van der Waals surface area contributed by atoms with E-state index in [1.165, 1.54) is 0 Å². The minimum atomic E-state index is 0.588. The molecule has 0 amide bonds. The smallest absolute Gasteiger partial charge is 0.166 e. The Kier molecular flexibility index (Phi) is 8.58. The van der Waals surface area contributed by atoms with E-state index in [1.807, 2.05) is 36.4 Å². The molecule has 0 spiro atoms. The Hall–Kier alpha value is -2.12. The van der Waals surface area contributed by atoms with Crippen molar-refractivity contribution in [2.45, 2.75) is 5.16 Å². The summed E-state index contributed by atoms with van der Waals surface area (Å²) in [6, 6.07) is 20.6. The Bertz CT molecular complexity index is 752. The fourth-order valence-electron chi connectivity index (χ4n) is 2.70. The lowest BCUT2D eigenvalue weighted by Gasteiger charge is -2.04.